The number of hydrogen-bond donors (Lipinski definition) is 2. The zero-order valence-electron chi connectivity index (χ0n) is 13.8. The van der Waals surface area contributed by atoms with Gasteiger partial charge in [0.2, 0.25) is 5.91 Å². The van der Waals surface area contributed by atoms with Gasteiger partial charge in [-0.3, -0.25) is 9.59 Å². The van der Waals surface area contributed by atoms with Crippen molar-refractivity contribution in [2.75, 3.05) is 0 Å². The van der Waals surface area contributed by atoms with E-state index in [1.54, 1.807) is 12.1 Å². The fourth-order valence-corrected chi connectivity index (χ4v) is 2.91. The molecule has 4 aromatic rings. The van der Waals surface area contributed by atoms with Crippen LogP contribution in [0.25, 0.3) is 16.6 Å². The molecule has 3 N–H and O–H groups in total. The van der Waals surface area contributed by atoms with Crippen molar-refractivity contribution in [1.82, 2.24) is 14.5 Å². The van der Waals surface area contributed by atoms with E-state index in [0.29, 0.717) is 23.1 Å². The summed E-state index contributed by atoms with van der Waals surface area (Å²) in [6.07, 6.45) is 4.48. The highest BCUT2D eigenvalue weighted by Crippen LogP contribution is 2.14. The van der Waals surface area contributed by atoms with Crippen LogP contribution in [0.5, 0.6) is 0 Å². The lowest BCUT2D eigenvalue weighted by Crippen LogP contribution is -2.15. The van der Waals surface area contributed by atoms with E-state index >= 15 is 0 Å². The number of aromatic amines is 1. The predicted molar refractivity (Wildman–Crippen MR) is 99.5 cm³/mol. The summed E-state index contributed by atoms with van der Waals surface area (Å²) in [4.78, 5) is 30.9. The number of H-pyrrole nitrogens is 1. The predicted octanol–water partition coefficient (Wildman–Crippen LogP) is 2.40. The topological polar surface area (TPSA) is 93.8 Å². The van der Waals surface area contributed by atoms with Crippen LogP contribution in [0.1, 0.15) is 21.7 Å². The molecule has 0 bridgehead atoms. The van der Waals surface area contributed by atoms with Crippen molar-refractivity contribution in [3.8, 4) is 5.69 Å². The van der Waals surface area contributed by atoms with Gasteiger partial charge in [0.15, 0.2) is 0 Å². The van der Waals surface area contributed by atoms with Crippen LogP contribution in [0.15, 0.2) is 71.8 Å². The maximum atomic E-state index is 12.3. The number of carbonyl (C=O) groups is 1. The van der Waals surface area contributed by atoms with Crippen LogP contribution >= 0.6 is 0 Å². The summed E-state index contributed by atoms with van der Waals surface area (Å²) in [6.45, 7) is 0. The summed E-state index contributed by atoms with van der Waals surface area (Å²) in [6, 6.07) is 16.7. The van der Waals surface area contributed by atoms with Gasteiger partial charge in [-0.25, -0.2) is 4.98 Å². The van der Waals surface area contributed by atoms with E-state index in [2.05, 4.69) is 9.97 Å². The van der Waals surface area contributed by atoms with E-state index in [9.17, 15) is 9.59 Å². The third-order valence-electron chi connectivity index (χ3n) is 4.25. The van der Waals surface area contributed by atoms with Crippen LogP contribution < -0.4 is 11.3 Å². The van der Waals surface area contributed by atoms with Crippen molar-refractivity contribution in [2.45, 2.75) is 6.42 Å². The molecular formula is C20H16N4O2. The second kappa shape index (κ2) is 6.33. The Bertz CT molecular complexity index is 1140. The number of nitrogens with one attached hydrogen (secondary N) is 1. The molecule has 0 atom stereocenters. The second-order valence-electron chi connectivity index (χ2n) is 6.04. The highest BCUT2D eigenvalue weighted by molar-refractivity contribution is 5.96. The second-order valence-corrected chi connectivity index (χ2v) is 6.04. The number of hydrogen-bond acceptors (Lipinski definition) is 3. The standard InChI is InChI=1S/C20H16N4O2/c21-19(25)14-5-8-17-16(12-14)20(26)23-18(22-17)11-13-3-6-15(7-4-13)24-9-1-2-10-24/h1-10,12H,11H2,(H2,21,25)(H,22,23,26). The Morgan fingerprint density at radius 3 is 2.50 bits per heavy atom. The van der Waals surface area contributed by atoms with Gasteiger partial charge in [0.25, 0.3) is 5.56 Å². The molecule has 4 rings (SSSR count). The Morgan fingerprint density at radius 1 is 1.08 bits per heavy atom. The van der Waals surface area contributed by atoms with Crippen LogP contribution in [-0.4, -0.2) is 20.4 Å². The molecule has 6 nitrogen and oxygen atoms in total. The zero-order valence-corrected chi connectivity index (χ0v) is 13.8. The highest BCUT2D eigenvalue weighted by Gasteiger charge is 2.08. The SMILES string of the molecule is NC(=O)c1ccc2nc(Cc3ccc(-n4cccc4)cc3)[nH]c(=O)c2c1. The molecule has 6 heteroatoms. The largest absolute Gasteiger partial charge is 0.366 e. The minimum Gasteiger partial charge on any atom is -0.366 e. The average molecular weight is 344 g/mol. The Morgan fingerprint density at radius 2 is 1.81 bits per heavy atom. The van der Waals surface area contributed by atoms with Crippen molar-refractivity contribution >= 4 is 16.8 Å². The summed E-state index contributed by atoms with van der Waals surface area (Å²) in [5.74, 6) is 0.00111. The molecule has 0 aliphatic carbocycles. The number of aromatic nitrogens is 3. The monoisotopic (exact) mass is 344 g/mol. The number of nitrogens with two attached hydrogens (primary N) is 1. The van der Waals surface area contributed by atoms with Crippen LogP contribution in [0.3, 0.4) is 0 Å². The van der Waals surface area contributed by atoms with Crippen molar-refractivity contribution in [2.24, 2.45) is 5.73 Å². The van der Waals surface area contributed by atoms with Crippen molar-refractivity contribution in [1.29, 1.82) is 0 Å². The molecule has 2 aromatic carbocycles. The third-order valence-corrected chi connectivity index (χ3v) is 4.25. The molecule has 0 saturated carbocycles. The van der Waals surface area contributed by atoms with Gasteiger partial charge in [-0.05, 0) is 48.0 Å². The lowest BCUT2D eigenvalue weighted by atomic mass is 10.1. The molecule has 2 aromatic heterocycles. The van der Waals surface area contributed by atoms with Crippen molar-refractivity contribution < 1.29 is 4.79 Å². The van der Waals surface area contributed by atoms with Crippen molar-refractivity contribution in [3.63, 3.8) is 0 Å². The Labute approximate surface area is 148 Å². The van der Waals surface area contributed by atoms with E-state index in [1.165, 1.54) is 6.07 Å². The summed E-state index contributed by atoms with van der Waals surface area (Å²) < 4.78 is 2.02. The smallest absolute Gasteiger partial charge is 0.258 e. The molecule has 2 heterocycles. The molecule has 0 aliphatic heterocycles. The van der Waals surface area contributed by atoms with E-state index in [-0.39, 0.29) is 11.1 Å². The molecule has 0 saturated heterocycles. The molecule has 0 aliphatic rings. The van der Waals surface area contributed by atoms with E-state index in [0.717, 1.165) is 11.3 Å². The molecule has 128 valence electrons. The molecule has 0 fully saturated rings. The third kappa shape index (κ3) is 3.00. The van der Waals surface area contributed by atoms with Gasteiger partial charge in [0.05, 0.1) is 10.9 Å². The molecule has 0 spiro atoms. The molecule has 1 amide bonds. The maximum Gasteiger partial charge on any atom is 0.258 e. The van der Waals surface area contributed by atoms with Gasteiger partial charge in [-0.2, -0.15) is 0 Å². The summed E-state index contributed by atoms with van der Waals surface area (Å²) >= 11 is 0. The summed E-state index contributed by atoms with van der Waals surface area (Å²) in [5, 5.41) is 0.355. The summed E-state index contributed by atoms with van der Waals surface area (Å²) in [5.41, 5.74) is 7.92. The lowest BCUT2D eigenvalue weighted by Gasteiger charge is -2.06. The lowest BCUT2D eigenvalue weighted by molar-refractivity contribution is 0.100. The molecular weight excluding hydrogens is 328 g/mol. The maximum absolute atomic E-state index is 12.3. The molecule has 0 radical (unpaired) electrons. The Hall–Kier alpha value is -3.67. The first-order chi connectivity index (χ1) is 12.6. The van der Waals surface area contributed by atoms with Gasteiger partial charge < -0.3 is 15.3 Å². The Kier molecular flexibility index (Phi) is 3.85. The van der Waals surface area contributed by atoms with Gasteiger partial charge in [-0.15, -0.1) is 0 Å². The number of rotatable bonds is 4. The first-order valence-electron chi connectivity index (χ1n) is 8.15. The van der Waals surface area contributed by atoms with Gasteiger partial charge in [0, 0.05) is 30.1 Å². The number of nitrogens with zero attached hydrogens (tertiary/aromatic N) is 2. The molecule has 26 heavy (non-hydrogen) atoms. The van der Waals surface area contributed by atoms with Gasteiger partial charge in [0.1, 0.15) is 5.82 Å². The quantitative estimate of drug-likeness (QED) is 0.595. The minimum absolute atomic E-state index is 0.280. The van der Waals surface area contributed by atoms with Crippen molar-refractivity contribution in [3.05, 3.63) is 94.3 Å². The number of primary amides is 1. The normalized spacial score (nSPS) is 10.9. The zero-order chi connectivity index (χ0) is 18.1. The number of carbonyl (C=O) groups excluding carboxylic acids is 1. The summed E-state index contributed by atoms with van der Waals surface area (Å²) in [7, 11) is 0. The van der Waals surface area contributed by atoms with Crippen LogP contribution in [0.4, 0.5) is 0 Å². The average Bonchev–Trinajstić information content (AvgIpc) is 3.17. The molecule has 0 unspecified atom stereocenters. The van der Waals surface area contributed by atoms with E-state index in [1.807, 2.05) is 53.4 Å². The number of fused-ring (bicyclic) bond motifs is 1. The van der Waals surface area contributed by atoms with E-state index < -0.39 is 5.91 Å². The van der Waals surface area contributed by atoms with Crippen LogP contribution in [0, 0.1) is 0 Å². The first kappa shape index (κ1) is 15.8. The first-order valence-corrected chi connectivity index (χ1v) is 8.15. The van der Waals surface area contributed by atoms with Gasteiger partial charge >= 0.3 is 0 Å². The van der Waals surface area contributed by atoms with Crippen LogP contribution in [-0.2, 0) is 6.42 Å². The fraction of sp³-hybridized carbons (Fsp3) is 0.0500. The highest BCUT2D eigenvalue weighted by atomic mass is 16.1. The fourth-order valence-electron chi connectivity index (χ4n) is 2.91. The number of amides is 1. The van der Waals surface area contributed by atoms with Gasteiger partial charge in [-0.1, -0.05) is 12.1 Å². The van der Waals surface area contributed by atoms with E-state index in [4.69, 9.17) is 5.73 Å². The minimum atomic E-state index is -0.571. The number of benzene rings is 2. The Balaban J connectivity index is 1.64. The van der Waals surface area contributed by atoms with Crippen LogP contribution in [0.2, 0.25) is 0 Å².